The van der Waals surface area contributed by atoms with Crippen molar-refractivity contribution in [2.75, 3.05) is 0 Å². The maximum Gasteiger partial charge on any atom is 0.326 e. The number of nitrogens with one attached hydrogen (secondary N) is 1. The van der Waals surface area contributed by atoms with E-state index in [-0.39, 0.29) is 12.3 Å². The van der Waals surface area contributed by atoms with Gasteiger partial charge in [0.1, 0.15) is 6.04 Å². The van der Waals surface area contributed by atoms with Gasteiger partial charge in [-0.3, -0.25) is 4.79 Å². The molecule has 0 bridgehead atoms. The van der Waals surface area contributed by atoms with Crippen molar-refractivity contribution in [3.63, 3.8) is 0 Å². The molecule has 2 N–H and O–H groups in total. The van der Waals surface area contributed by atoms with Gasteiger partial charge in [-0.2, -0.15) is 0 Å². The van der Waals surface area contributed by atoms with E-state index in [4.69, 9.17) is 5.11 Å². The predicted octanol–water partition coefficient (Wildman–Crippen LogP) is 1.58. The molecule has 1 aromatic rings. The number of carbonyl (C=O) groups excluding carboxylic acids is 1. The van der Waals surface area contributed by atoms with Gasteiger partial charge in [-0.25, -0.2) is 4.79 Å². The first-order valence-electron chi connectivity index (χ1n) is 4.73. The summed E-state index contributed by atoms with van der Waals surface area (Å²) in [6, 6.07) is 6.45. The quantitative estimate of drug-likeness (QED) is 0.883. The lowest BCUT2D eigenvalue weighted by Crippen LogP contribution is -2.41. The number of rotatable bonds is 4. The van der Waals surface area contributed by atoms with Crippen molar-refractivity contribution in [2.24, 2.45) is 0 Å². The minimum atomic E-state index is -1.03. The molecular weight excluding hydrogens is 274 g/mol. The fourth-order valence-electron chi connectivity index (χ4n) is 1.35. The highest BCUT2D eigenvalue weighted by atomic mass is 79.9. The number of carboxylic acids is 1. The number of carbonyl (C=O) groups is 2. The Kier molecular flexibility index (Phi) is 4.49. The summed E-state index contributed by atoms with van der Waals surface area (Å²) in [6.07, 6.45) is 0.272. The largest absolute Gasteiger partial charge is 0.480 e. The van der Waals surface area contributed by atoms with Crippen LogP contribution in [0.2, 0.25) is 0 Å². The molecule has 1 rings (SSSR count). The van der Waals surface area contributed by atoms with Crippen LogP contribution < -0.4 is 5.32 Å². The van der Waals surface area contributed by atoms with Crippen molar-refractivity contribution < 1.29 is 14.7 Å². The first-order valence-corrected chi connectivity index (χ1v) is 5.52. The maximum atomic E-state index is 10.9. The maximum absolute atomic E-state index is 10.9. The zero-order valence-electron chi connectivity index (χ0n) is 8.74. The Morgan fingerprint density at radius 1 is 1.50 bits per heavy atom. The van der Waals surface area contributed by atoms with Gasteiger partial charge in [0.2, 0.25) is 5.91 Å². The van der Waals surface area contributed by atoms with Gasteiger partial charge in [-0.15, -0.1) is 0 Å². The van der Waals surface area contributed by atoms with Gasteiger partial charge in [0.25, 0.3) is 0 Å². The third kappa shape index (κ3) is 4.02. The number of hydrogen-bond donors (Lipinski definition) is 2. The Morgan fingerprint density at radius 3 is 2.69 bits per heavy atom. The van der Waals surface area contributed by atoms with Gasteiger partial charge in [0, 0.05) is 17.8 Å². The molecule has 0 heterocycles. The SMILES string of the molecule is CC(=O)N[C@H](Cc1cccc(Br)c1)C(=O)O. The van der Waals surface area contributed by atoms with Gasteiger partial charge in [0.15, 0.2) is 0 Å². The van der Waals surface area contributed by atoms with Crippen molar-refractivity contribution in [3.05, 3.63) is 34.3 Å². The molecule has 5 heteroatoms. The van der Waals surface area contributed by atoms with Gasteiger partial charge < -0.3 is 10.4 Å². The molecule has 0 aliphatic rings. The Morgan fingerprint density at radius 2 is 2.19 bits per heavy atom. The number of halogens is 1. The molecule has 4 nitrogen and oxygen atoms in total. The van der Waals surface area contributed by atoms with E-state index in [0.717, 1.165) is 10.0 Å². The van der Waals surface area contributed by atoms with Gasteiger partial charge >= 0.3 is 5.97 Å². The number of hydrogen-bond acceptors (Lipinski definition) is 2. The van der Waals surface area contributed by atoms with Crippen LogP contribution in [0.25, 0.3) is 0 Å². The van der Waals surface area contributed by atoms with Crippen LogP contribution in [0.3, 0.4) is 0 Å². The van der Waals surface area contributed by atoms with Crippen molar-refractivity contribution in [1.29, 1.82) is 0 Å². The number of carboxylic acid groups (broad SMARTS) is 1. The van der Waals surface area contributed by atoms with E-state index in [2.05, 4.69) is 21.2 Å². The lowest BCUT2D eigenvalue weighted by Gasteiger charge is -2.13. The minimum absolute atomic E-state index is 0.272. The monoisotopic (exact) mass is 285 g/mol. The van der Waals surface area contributed by atoms with Crippen LogP contribution in [-0.4, -0.2) is 23.0 Å². The number of aliphatic carboxylic acids is 1. The second-order valence-corrected chi connectivity index (χ2v) is 4.34. The molecule has 0 aliphatic carbocycles. The first-order chi connectivity index (χ1) is 7.49. The lowest BCUT2D eigenvalue weighted by molar-refractivity contribution is -0.141. The zero-order chi connectivity index (χ0) is 12.1. The average Bonchev–Trinajstić information content (AvgIpc) is 2.15. The first kappa shape index (κ1) is 12.7. The summed E-state index contributed by atoms with van der Waals surface area (Å²) in [7, 11) is 0. The Balaban J connectivity index is 2.75. The summed E-state index contributed by atoms with van der Waals surface area (Å²) < 4.78 is 0.886. The van der Waals surface area contributed by atoms with Gasteiger partial charge in [-0.1, -0.05) is 28.1 Å². The standard InChI is InChI=1S/C11H12BrNO3/c1-7(14)13-10(11(15)16)6-8-3-2-4-9(12)5-8/h2-5,10H,6H2,1H3,(H,13,14)(H,15,16)/t10-/m1/s1. The Hall–Kier alpha value is -1.36. The van der Waals surface area contributed by atoms with E-state index < -0.39 is 12.0 Å². The molecule has 0 radical (unpaired) electrons. The summed E-state index contributed by atoms with van der Waals surface area (Å²) in [6.45, 7) is 1.30. The molecule has 0 spiro atoms. The summed E-state index contributed by atoms with van der Waals surface area (Å²) in [5, 5.41) is 11.3. The fourth-order valence-corrected chi connectivity index (χ4v) is 1.79. The van der Waals surface area contributed by atoms with E-state index in [0.29, 0.717) is 0 Å². The minimum Gasteiger partial charge on any atom is -0.480 e. The van der Waals surface area contributed by atoms with Crippen LogP contribution in [0.15, 0.2) is 28.7 Å². The lowest BCUT2D eigenvalue weighted by atomic mass is 10.1. The van der Waals surface area contributed by atoms with Crippen LogP contribution in [-0.2, 0) is 16.0 Å². The number of amides is 1. The molecule has 0 unspecified atom stereocenters. The Labute approximate surface area is 102 Å². The van der Waals surface area contributed by atoms with Crippen LogP contribution in [0, 0.1) is 0 Å². The molecule has 16 heavy (non-hydrogen) atoms. The number of benzene rings is 1. The van der Waals surface area contributed by atoms with E-state index >= 15 is 0 Å². The Bertz CT molecular complexity index is 406. The van der Waals surface area contributed by atoms with E-state index in [1.54, 1.807) is 0 Å². The normalized spacial score (nSPS) is 11.9. The topological polar surface area (TPSA) is 66.4 Å². The summed E-state index contributed by atoms with van der Waals surface area (Å²) in [4.78, 5) is 21.7. The molecule has 1 atom stereocenters. The second kappa shape index (κ2) is 5.65. The molecule has 0 aliphatic heterocycles. The summed E-state index contributed by atoms with van der Waals surface area (Å²) in [5.74, 6) is -1.38. The van der Waals surface area contributed by atoms with Crippen molar-refractivity contribution >= 4 is 27.8 Å². The predicted molar refractivity (Wildman–Crippen MR) is 63.1 cm³/mol. The van der Waals surface area contributed by atoms with E-state index in [1.165, 1.54) is 6.92 Å². The highest BCUT2D eigenvalue weighted by Gasteiger charge is 2.18. The molecule has 0 aromatic heterocycles. The van der Waals surface area contributed by atoms with Crippen molar-refractivity contribution in [1.82, 2.24) is 5.32 Å². The third-order valence-electron chi connectivity index (χ3n) is 2.00. The van der Waals surface area contributed by atoms with Crippen LogP contribution in [0.4, 0.5) is 0 Å². The smallest absolute Gasteiger partial charge is 0.326 e. The molecular formula is C11H12BrNO3. The third-order valence-corrected chi connectivity index (χ3v) is 2.50. The van der Waals surface area contributed by atoms with Gasteiger partial charge in [0.05, 0.1) is 0 Å². The zero-order valence-corrected chi connectivity index (χ0v) is 10.3. The van der Waals surface area contributed by atoms with Crippen LogP contribution in [0.5, 0.6) is 0 Å². The second-order valence-electron chi connectivity index (χ2n) is 3.43. The summed E-state index contributed by atoms with van der Waals surface area (Å²) >= 11 is 3.31. The fraction of sp³-hybridized carbons (Fsp3) is 0.273. The van der Waals surface area contributed by atoms with Crippen LogP contribution in [0.1, 0.15) is 12.5 Å². The summed E-state index contributed by atoms with van der Waals surface area (Å²) in [5.41, 5.74) is 0.857. The molecule has 0 saturated heterocycles. The van der Waals surface area contributed by atoms with Gasteiger partial charge in [-0.05, 0) is 17.7 Å². The van der Waals surface area contributed by atoms with Crippen molar-refractivity contribution in [3.8, 4) is 0 Å². The van der Waals surface area contributed by atoms with Crippen LogP contribution >= 0.6 is 15.9 Å². The highest BCUT2D eigenvalue weighted by molar-refractivity contribution is 9.10. The molecule has 0 fully saturated rings. The average molecular weight is 286 g/mol. The molecule has 0 saturated carbocycles. The van der Waals surface area contributed by atoms with Crippen molar-refractivity contribution in [2.45, 2.75) is 19.4 Å². The molecule has 1 aromatic carbocycles. The molecule has 86 valence electrons. The van der Waals surface area contributed by atoms with E-state index in [9.17, 15) is 9.59 Å². The highest BCUT2D eigenvalue weighted by Crippen LogP contribution is 2.13. The molecule has 1 amide bonds. The van der Waals surface area contributed by atoms with E-state index in [1.807, 2.05) is 24.3 Å².